The zero-order chi connectivity index (χ0) is 20.9. The van der Waals surface area contributed by atoms with Crippen molar-refractivity contribution in [2.45, 2.75) is 25.8 Å². The molecule has 1 saturated heterocycles. The van der Waals surface area contributed by atoms with Crippen molar-refractivity contribution < 1.29 is 4.79 Å². The van der Waals surface area contributed by atoms with Gasteiger partial charge in [-0.2, -0.15) is 9.61 Å². The van der Waals surface area contributed by atoms with Gasteiger partial charge in [-0.25, -0.2) is 4.98 Å². The molecule has 1 aromatic carbocycles. The molecule has 0 atom stereocenters. The number of fused-ring (bicyclic) bond motifs is 3. The van der Waals surface area contributed by atoms with Crippen molar-refractivity contribution in [3.63, 3.8) is 0 Å². The van der Waals surface area contributed by atoms with E-state index in [1.54, 1.807) is 0 Å². The average Bonchev–Trinajstić information content (AvgIpc) is 2.97. The van der Waals surface area contributed by atoms with Gasteiger partial charge in [-0.3, -0.25) is 4.79 Å². The fraction of sp³-hybridized carbons (Fsp3) is 0.435. The van der Waals surface area contributed by atoms with Gasteiger partial charge in [0.25, 0.3) is 0 Å². The van der Waals surface area contributed by atoms with Crippen LogP contribution in [0.4, 0.5) is 5.82 Å². The molecule has 0 bridgehead atoms. The number of carbonyl (C=O) groups excluding carboxylic acids is 1. The van der Waals surface area contributed by atoms with E-state index in [1.165, 1.54) is 16.7 Å². The predicted octanol–water partition coefficient (Wildman–Crippen LogP) is 2.20. The summed E-state index contributed by atoms with van der Waals surface area (Å²) in [6.45, 7) is 4.93. The fourth-order valence-corrected chi connectivity index (χ4v) is 5.46. The van der Waals surface area contributed by atoms with Crippen LogP contribution in [0.2, 0.25) is 0 Å². The van der Waals surface area contributed by atoms with Crippen molar-refractivity contribution in [2.24, 2.45) is 5.92 Å². The predicted molar refractivity (Wildman–Crippen MR) is 122 cm³/mol. The van der Waals surface area contributed by atoms with Gasteiger partial charge in [0.15, 0.2) is 5.65 Å². The second kappa shape index (κ2) is 7.60. The van der Waals surface area contributed by atoms with E-state index in [4.69, 9.17) is 4.98 Å². The standard InChI is InChI=1S/C23H25BrN6O/c24-19-11-26-30-21(19)27-20-6-9-25-8-5-18(20)22(30)29-13-17(14-29)23(31)28-10-7-15-3-1-2-4-16(15)12-28/h1-4,11,17,25H,5-10,12-14H2. The first-order valence-corrected chi connectivity index (χ1v) is 11.8. The Morgan fingerprint density at radius 3 is 2.77 bits per heavy atom. The lowest BCUT2D eigenvalue weighted by Crippen LogP contribution is -2.56. The first-order valence-electron chi connectivity index (χ1n) is 11.1. The van der Waals surface area contributed by atoms with Crippen LogP contribution in [0.1, 0.15) is 22.4 Å². The second-order valence-electron chi connectivity index (χ2n) is 8.72. The molecule has 8 heteroatoms. The van der Waals surface area contributed by atoms with Gasteiger partial charge in [-0.1, -0.05) is 24.3 Å². The Morgan fingerprint density at radius 1 is 1.10 bits per heavy atom. The minimum Gasteiger partial charge on any atom is -0.354 e. The number of benzene rings is 1. The van der Waals surface area contributed by atoms with E-state index in [9.17, 15) is 4.79 Å². The molecular formula is C23H25BrN6O. The molecule has 0 aliphatic carbocycles. The molecule has 160 valence electrons. The lowest BCUT2D eigenvalue weighted by molar-refractivity contribution is -0.137. The topological polar surface area (TPSA) is 65.8 Å². The van der Waals surface area contributed by atoms with Crippen LogP contribution in [0.5, 0.6) is 0 Å². The third kappa shape index (κ3) is 3.24. The summed E-state index contributed by atoms with van der Waals surface area (Å²) in [6.07, 6.45) is 4.62. The SMILES string of the molecule is O=C(C1CN(c2c3c(nc4c(Br)cnn24)CCNCC3)C1)N1CCc2ccccc2C1. The molecule has 2 aromatic heterocycles. The normalized spacial score (nSPS) is 19.0. The number of hydrogen-bond acceptors (Lipinski definition) is 5. The number of nitrogens with one attached hydrogen (secondary N) is 1. The summed E-state index contributed by atoms with van der Waals surface area (Å²) in [4.78, 5) is 22.5. The van der Waals surface area contributed by atoms with E-state index in [1.807, 2.05) is 15.6 Å². The van der Waals surface area contributed by atoms with Crippen molar-refractivity contribution >= 4 is 33.3 Å². The second-order valence-corrected chi connectivity index (χ2v) is 9.57. The van der Waals surface area contributed by atoms with E-state index in [-0.39, 0.29) is 11.8 Å². The first-order chi connectivity index (χ1) is 15.2. The van der Waals surface area contributed by atoms with Gasteiger partial charge < -0.3 is 15.1 Å². The van der Waals surface area contributed by atoms with E-state index in [2.05, 4.69) is 55.5 Å². The van der Waals surface area contributed by atoms with Crippen LogP contribution in [-0.4, -0.2) is 58.1 Å². The van der Waals surface area contributed by atoms with Crippen LogP contribution < -0.4 is 10.2 Å². The Labute approximate surface area is 189 Å². The number of carbonyl (C=O) groups is 1. The Balaban J connectivity index is 1.25. The lowest BCUT2D eigenvalue weighted by atomic mass is 9.94. The van der Waals surface area contributed by atoms with Crippen LogP contribution in [0.25, 0.3) is 5.65 Å². The summed E-state index contributed by atoms with van der Waals surface area (Å²) >= 11 is 3.60. The highest BCUT2D eigenvalue weighted by Gasteiger charge is 2.39. The van der Waals surface area contributed by atoms with Gasteiger partial charge in [0.2, 0.25) is 5.91 Å². The van der Waals surface area contributed by atoms with Crippen molar-refractivity contribution in [1.82, 2.24) is 24.8 Å². The summed E-state index contributed by atoms with van der Waals surface area (Å²) in [7, 11) is 0. The molecule has 0 unspecified atom stereocenters. The van der Waals surface area contributed by atoms with E-state index in [0.717, 1.165) is 80.2 Å². The molecule has 5 heterocycles. The highest BCUT2D eigenvalue weighted by Crippen LogP contribution is 2.34. The van der Waals surface area contributed by atoms with Gasteiger partial charge in [0.05, 0.1) is 22.3 Å². The Bertz CT molecular complexity index is 1170. The lowest BCUT2D eigenvalue weighted by Gasteiger charge is -2.43. The number of anilines is 1. The monoisotopic (exact) mass is 480 g/mol. The van der Waals surface area contributed by atoms with Crippen molar-refractivity contribution in [1.29, 1.82) is 0 Å². The molecule has 7 nitrogen and oxygen atoms in total. The Morgan fingerprint density at radius 2 is 1.90 bits per heavy atom. The van der Waals surface area contributed by atoms with Crippen LogP contribution in [0, 0.1) is 5.92 Å². The number of aromatic nitrogens is 3. The highest BCUT2D eigenvalue weighted by atomic mass is 79.9. The molecule has 0 radical (unpaired) electrons. The van der Waals surface area contributed by atoms with Crippen LogP contribution in [0.3, 0.4) is 0 Å². The molecule has 3 aromatic rings. The van der Waals surface area contributed by atoms with E-state index in [0.29, 0.717) is 0 Å². The molecule has 1 N–H and O–H groups in total. The van der Waals surface area contributed by atoms with Crippen LogP contribution >= 0.6 is 15.9 Å². The van der Waals surface area contributed by atoms with Gasteiger partial charge in [0, 0.05) is 44.7 Å². The zero-order valence-electron chi connectivity index (χ0n) is 17.4. The van der Waals surface area contributed by atoms with E-state index < -0.39 is 0 Å². The Kier molecular flexibility index (Phi) is 4.72. The van der Waals surface area contributed by atoms with Crippen molar-refractivity contribution in [2.75, 3.05) is 37.6 Å². The van der Waals surface area contributed by atoms with Gasteiger partial charge in [-0.15, -0.1) is 0 Å². The summed E-state index contributed by atoms with van der Waals surface area (Å²) < 4.78 is 2.86. The summed E-state index contributed by atoms with van der Waals surface area (Å²) in [5.74, 6) is 1.44. The largest absolute Gasteiger partial charge is 0.354 e. The quantitative estimate of drug-likeness (QED) is 0.608. The van der Waals surface area contributed by atoms with Crippen LogP contribution in [0.15, 0.2) is 34.9 Å². The molecule has 0 spiro atoms. The number of halogens is 1. The number of nitrogens with zero attached hydrogens (tertiary/aromatic N) is 5. The number of rotatable bonds is 2. The van der Waals surface area contributed by atoms with Gasteiger partial charge >= 0.3 is 0 Å². The molecule has 3 aliphatic heterocycles. The average molecular weight is 481 g/mol. The van der Waals surface area contributed by atoms with Gasteiger partial charge in [0.1, 0.15) is 5.82 Å². The molecule has 1 amide bonds. The smallest absolute Gasteiger partial charge is 0.229 e. The maximum absolute atomic E-state index is 13.2. The first kappa shape index (κ1) is 19.3. The minimum absolute atomic E-state index is 0.0482. The zero-order valence-corrected chi connectivity index (χ0v) is 18.9. The highest BCUT2D eigenvalue weighted by molar-refractivity contribution is 9.10. The third-order valence-electron chi connectivity index (χ3n) is 6.82. The van der Waals surface area contributed by atoms with Crippen molar-refractivity contribution in [3.05, 3.63) is 57.3 Å². The molecule has 6 rings (SSSR count). The maximum atomic E-state index is 13.2. The van der Waals surface area contributed by atoms with Gasteiger partial charge in [-0.05, 0) is 46.4 Å². The van der Waals surface area contributed by atoms with Crippen LogP contribution in [-0.2, 0) is 30.6 Å². The number of amides is 1. The fourth-order valence-electron chi connectivity index (χ4n) is 5.11. The Hall–Kier alpha value is -2.45. The summed E-state index contributed by atoms with van der Waals surface area (Å²) in [5, 5.41) is 8.07. The molecular weight excluding hydrogens is 456 g/mol. The third-order valence-corrected chi connectivity index (χ3v) is 7.38. The maximum Gasteiger partial charge on any atom is 0.229 e. The molecule has 1 fully saturated rings. The molecule has 0 saturated carbocycles. The summed E-state index contributed by atoms with van der Waals surface area (Å²) in [6, 6.07) is 8.48. The summed E-state index contributed by atoms with van der Waals surface area (Å²) in [5.41, 5.74) is 5.94. The van der Waals surface area contributed by atoms with Crippen molar-refractivity contribution in [3.8, 4) is 0 Å². The van der Waals surface area contributed by atoms with E-state index >= 15 is 0 Å². The number of hydrogen-bond donors (Lipinski definition) is 1. The minimum atomic E-state index is 0.0482. The molecule has 31 heavy (non-hydrogen) atoms. The molecule has 3 aliphatic rings.